The fourth-order valence-corrected chi connectivity index (χ4v) is 0.984. The van der Waals surface area contributed by atoms with Gasteiger partial charge >= 0.3 is 0 Å². The molecule has 1 aromatic heterocycles. The Kier molecular flexibility index (Phi) is 3.64. The maximum Gasteiger partial charge on any atom is 0.273 e. The van der Waals surface area contributed by atoms with Crippen molar-refractivity contribution in [3.8, 4) is 0 Å². The van der Waals surface area contributed by atoms with Gasteiger partial charge in [0.25, 0.3) is 5.91 Å². The van der Waals surface area contributed by atoms with Crippen molar-refractivity contribution in [2.45, 2.75) is 26.4 Å². The van der Waals surface area contributed by atoms with E-state index in [0.717, 1.165) is 0 Å². The zero-order valence-electron chi connectivity index (χ0n) is 8.63. The second-order valence-electron chi connectivity index (χ2n) is 3.28. The van der Waals surface area contributed by atoms with Crippen molar-refractivity contribution in [3.63, 3.8) is 0 Å². The average molecular weight is 197 g/mol. The highest BCUT2D eigenvalue weighted by atomic mass is 16.3. The lowest BCUT2D eigenvalue weighted by Gasteiger charge is -2.04. The van der Waals surface area contributed by atoms with Gasteiger partial charge in [-0.1, -0.05) is 0 Å². The minimum absolute atomic E-state index is 0.104. The maximum atomic E-state index is 11.4. The van der Waals surface area contributed by atoms with Crippen molar-refractivity contribution in [2.24, 2.45) is 0 Å². The molecule has 1 amide bonds. The van der Waals surface area contributed by atoms with Crippen molar-refractivity contribution in [1.29, 1.82) is 0 Å². The molecule has 14 heavy (non-hydrogen) atoms. The zero-order valence-corrected chi connectivity index (χ0v) is 8.63. The van der Waals surface area contributed by atoms with E-state index in [1.807, 2.05) is 13.8 Å². The lowest BCUT2D eigenvalue weighted by Crippen LogP contribution is -2.30. The van der Waals surface area contributed by atoms with Crippen molar-refractivity contribution < 1.29 is 9.21 Å². The van der Waals surface area contributed by atoms with Crippen LogP contribution in [0, 0.1) is 0 Å². The molecule has 0 bridgehead atoms. The van der Waals surface area contributed by atoms with Crippen LogP contribution in [0.1, 0.15) is 30.2 Å². The van der Waals surface area contributed by atoms with Crippen molar-refractivity contribution in [2.75, 3.05) is 7.05 Å². The lowest BCUT2D eigenvalue weighted by molar-refractivity contribution is 0.0938. The molecule has 5 nitrogen and oxygen atoms in total. The molecule has 0 fully saturated rings. The van der Waals surface area contributed by atoms with Crippen LogP contribution in [0.4, 0.5) is 0 Å². The molecule has 0 saturated heterocycles. The molecule has 0 aromatic carbocycles. The van der Waals surface area contributed by atoms with E-state index in [1.54, 1.807) is 7.05 Å². The first kappa shape index (κ1) is 10.7. The van der Waals surface area contributed by atoms with Gasteiger partial charge in [0.05, 0.1) is 6.54 Å². The molecule has 0 aliphatic carbocycles. The number of aromatic nitrogens is 1. The first-order chi connectivity index (χ1) is 6.63. The number of oxazole rings is 1. The molecule has 0 atom stereocenters. The Morgan fingerprint density at radius 1 is 1.64 bits per heavy atom. The third kappa shape index (κ3) is 2.85. The van der Waals surface area contributed by atoms with Crippen LogP contribution in [0.25, 0.3) is 0 Å². The second-order valence-corrected chi connectivity index (χ2v) is 3.28. The smallest absolute Gasteiger partial charge is 0.273 e. The fourth-order valence-electron chi connectivity index (χ4n) is 0.984. The number of rotatable bonds is 4. The Labute approximate surface area is 82.9 Å². The molecule has 0 unspecified atom stereocenters. The van der Waals surface area contributed by atoms with E-state index in [9.17, 15) is 4.79 Å². The molecule has 0 aliphatic heterocycles. The highest BCUT2D eigenvalue weighted by molar-refractivity contribution is 5.92. The summed E-state index contributed by atoms with van der Waals surface area (Å²) in [5.74, 6) is 0.313. The van der Waals surface area contributed by atoms with E-state index in [1.165, 1.54) is 6.26 Å². The van der Waals surface area contributed by atoms with Gasteiger partial charge in [0.2, 0.25) is 5.89 Å². The number of carbonyl (C=O) groups excluding carboxylic acids is 1. The Balaban J connectivity index is 2.62. The lowest BCUT2D eigenvalue weighted by atomic mass is 10.3. The van der Waals surface area contributed by atoms with E-state index >= 15 is 0 Å². The van der Waals surface area contributed by atoms with Crippen LogP contribution < -0.4 is 10.6 Å². The molecule has 1 heterocycles. The van der Waals surface area contributed by atoms with Gasteiger partial charge in [0, 0.05) is 6.04 Å². The summed E-state index contributed by atoms with van der Waals surface area (Å²) in [5, 5.41) is 5.62. The van der Waals surface area contributed by atoms with Gasteiger partial charge < -0.3 is 15.1 Å². The average Bonchev–Trinajstić information content (AvgIpc) is 2.52. The molecule has 1 rings (SSSR count). The first-order valence-electron chi connectivity index (χ1n) is 4.53. The summed E-state index contributed by atoms with van der Waals surface area (Å²) in [6.07, 6.45) is 1.37. The van der Waals surface area contributed by atoms with Crippen LogP contribution in [-0.2, 0) is 6.54 Å². The molecule has 2 N–H and O–H groups in total. The number of nitrogens with one attached hydrogen (secondary N) is 2. The van der Waals surface area contributed by atoms with Gasteiger partial charge in [-0.05, 0) is 20.9 Å². The largest absolute Gasteiger partial charge is 0.447 e. The minimum atomic E-state index is -0.203. The third-order valence-electron chi connectivity index (χ3n) is 1.53. The number of carbonyl (C=O) groups is 1. The van der Waals surface area contributed by atoms with E-state index in [0.29, 0.717) is 18.1 Å². The van der Waals surface area contributed by atoms with E-state index in [2.05, 4.69) is 15.6 Å². The van der Waals surface area contributed by atoms with Gasteiger partial charge in [-0.2, -0.15) is 0 Å². The van der Waals surface area contributed by atoms with Crippen LogP contribution in [0.3, 0.4) is 0 Å². The van der Waals surface area contributed by atoms with Crippen molar-refractivity contribution in [3.05, 3.63) is 17.8 Å². The summed E-state index contributed by atoms with van der Waals surface area (Å²) in [6.45, 7) is 4.31. The second kappa shape index (κ2) is 4.76. The molecular formula is C9H15N3O2. The topological polar surface area (TPSA) is 67.2 Å². The monoisotopic (exact) mass is 197 g/mol. The van der Waals surface area contributed by atoms with Gasteiger partial charge in [0.15, 0.2) is 5.69 Å². The van der Waals surface area contributed by atoms with E-state index in [4.69, 9.17) is 4.42 Å². The summed E-state index contributed by atoms with van der Waals surface area (Å²) in [7, 11) is 1.79. The van der Waals surface area contributed by atoms with Crippen molar-refractivity contribution in [1.82, 2.24) is 15.6 Å². The van der Waals surface area contributed by atoms with Crippen LogP contribution in [0.5, 0.6) is 0 Å². The van der Waals surface area contributed by atoms with Gasteiger partial charge in [0.1, 0.15) is 6.26 Å². The Hall–Kier alpha value is -1.36. The number of amides is 1. The molecule has 5 heteroatoms. The molecule has 78 valence electrons. The molecule has 1 aromatic rings. The normalized spacial score (nSPS) is 10.6. The summed E-state index contributed by atoms with van der Waals surface area (Å²) >= 11 is 0. The maximum absolute atomic E-state index is 11.4. The predicted octanol–water partition coefficient (Wildman–Crippen LogP) is 0.532. The Morgan fingerprint density at radius 3 is 2.93 bits per heavy atom. The summed E-state index contributed by atoms with van der Waals surface area (Å²) in [5.41, 5.74) is 0.323. The molecule has 0 spiro atoms. The highest BCUT2D eigenvalue weighted by Gasteiger charge is 2.11. The molecule has 0 saturated carbocycles. The molecule has 0 radical (unpaired) electrons. The Morgan fingerprint density at radius 2 is 2.36 bits per heavy atom. The number of nitrogens with zero attached hydrogens (tertiary/aromatic N) is 1. The standard InChI is InChI=1S/C9H15N3O2/c1-6(2)11-9(13)7-5-14-8(12-7)4-10-3/h5-6,10H,4H2,1-3H3,(H,11,13). The molecular weight excluding hydrogens is 182 g/mol. The summed E-state index contributed by atoms with van der Waals surface area (Å²) in [6, 6.07) is 0.104. The Bertz CT molecular complexity index is 307. The quantitative estimate of drug-likeness (QED) is 0.739. The van der Waals surface area contributed by atoms with Gasteiger partial charge in [-0.25, -0.2) is 4.98 Å². The predicted molar refractivity (Wildman–Crippen MR) is 51.9 cm³/mol. The molecule has 0 aliphatic rings. The van der Waals surface area contributed by atoms with Crippen LogP contribution in [0.15, 0.2) is 10.7 Å². The number of hydrogen-bond donors (Lipinski definition) is 2. The van der Waals surface area contributed by atoms with Crippen LogP contribution in [0.2, 0.25) is 0 Å². The minimum Gasteiger partial charge on any atom is -0.447 e. The summed E-state index contributed by atoms with van der Waals surface area (Å²) < 4.78 is 5.07. The summed E-state index contributed by atoms with van der Waals surface area (Å²) in [4.78, 5) is 15.4. The highest BCUT2D eigenvalue weighted by Crippen LogP contribution is 2.01. The zero-order chi connectivity index (χ0) is 10.6. The van der Waals surface area contributed by atoms with Crippen LogP contribution >= 0.6 is 0 Å². The van der Waals surface area contributed by atoms with Crippen LogP contribution in [-0.4, -0.2) is 24.0 Å². The van der Waals surface area contributed by atoms with E-state index in [-0.39, 0.29) is 11.9 Å². The first-order valence-corrected chi connectivity index (χ1v) is 4.53. The van der Waals surface area contributed by atoms with Gasteiger partial charge in [-0.15, -0.1) is 0 Å². The fraction of sp³-hybridized carbons (Fsp3) is 0.556. The SMILES string of the molecule is CNCc1nc(C(=O)NC(C)C)co1. The van der Waals surface area contributed by atoms with E-state index < -0.39 is 0 Å². The number of hydrogen-bond acceptors (Lipinski definition) is 4. The third-order valence-corrected chi connectivity index (χ3v) is 1.53. The van der Waals surface area contributed by atoms with Crippen molar-refractivity contribution >= 4 is 5.91 Å². The van der Waals surface area contributed by atoms with Gasteiger partial charge in [-0.3, -0.25) is 4.79 Å².